The van der Waals surface area contributed by atoms with Crippen LogP contribution in [0.1, 0.15) is 36.9 Å². The van der Waals surface area contributed by atoms with E-state index in [2.05, 4.69) is 11.2 Å². The van der Waals surface area contributed by atoms with Crippen molar-refractivity contribution in [2.45, 2.75) is 31.9 Å². The number of rotatable bonds is 4. The molecule has 6 nitrogen and oxygen atoms in total. The van der Waals surface area contributed by atoms with Gasteiger partial charge in [0, 0.05) is 25.4 Å². The molecule has 1 aliphatic heterocycles. The molecular formula is C18H20N4O2. The molecule has 0 N–H and O–H groups in total. The van der Waals surface area contributed by atoms with Gasteiger partial charge in [-0.2, -0.15) is 10.4 Å². The molecule has 1 aromatic heterocycles. The molecule has 0 spiro atoms. The van der Waals surface area contributed by atoms with Gasteiger partial charge >= 0.3 is 0 Å². The Morgan fingerprint density at radius 3 is 3.04 bits per heavy atom. The van der Waals surface area contributed by atoms with E-state index in [-0.39, 0.29) is 11.9 Å². The predicted molar refractivity (Wildman–Crippen MR) is 88.1 cm³/mol. The zero-order valence-corrected chi connectivity index (χ0v) is 13.8. The van der Waals surface area contributed by atoms with E-state index in [1.54, 1.807) is 35.9 Å². The van der Waals surface area contributed by atoms with Crippen LogP contribution in [-0.2, 0) is 11.8 Å². The van der Waals surface area contributed by atoms with Crippen LogP contribution in [0.3, 0.4) is 0 Å². The molecule has 2 heterocycles. The first-order valence-electron chi connectivity index (χ1n) is 8.04. The lowest BCUT2D eigenvalue weighted by molar-refractivity contribution is -0.138. The van der Waals surface area contributed by atoms with Gasteiger partial charge in [-0.3, -0.25) is 9.48 Å². The first-order chi connectivity index (χ1) is 11.6. The fourth-order valence-corrected chi connectivity index (χ4v) is 3.12. The van der Waals surface area contributed by atoms with Crippen LogP contribution in [-0.4, -0.2) is 33.2 Å². The lowest BCUT2D eigenvalue weighted by Gasteiger charge is -2.27. The Morgan fingerprint density at radius 2 is 2.33 bits per heavy atom. The number of hydrogen-bond donors (Lipinski definition) is 0. The smallest absolute Gasteiger partial charge is 0.263 e. The minimum atomic E-state index is -0.601. The quantitative estimate of drug-likeness (QED) is 0.866. The van der Waals surface area contributed by atoms with E-state index in [9.17, 15) is 4.79 Å². The van der Waals surface area contributed by atoms with Crippen LogP contribution in [0.25, 0.3) is 0 Å². The molecule has 1 saturated heterocycles. The maximum absolute atomic E-state index is 12.8. The Hall–Kier alpha value is -2.81. The van der Waals surface area contributed by atoms with Gasteiger partial charge in [-0.25, -0.2) is 0 Å². The summed E-state index contributed by atoms with van der Waals surface area (Å²) in [6.07, 6.45) is 5.09. The second-order valence-corrected chi connectivity index (χ2v) is 6.04. The van der Waals surface area contributed by atoms with E-state index in [1.807, 2.05) is 24.3 Å². The van der Waals surface area contributed by atoms with Crippen molar-refractivity contribution >= 4 is 5.91 Å². The summed E-state index contributed by atoms with van der Waals surface area (Å²) in [5, 5.41) is 13.2. The highest BCUT2D eigenvalue weighted by Crippen LogP contribution is 2.32. The number of ether oxygens (including phenoxy) is 1. The topological polar surface area (TPSA) is 71.2 Å². The maximum atomic E-state index is 12.8. The monoisotopic (exact) mass is 324 g/mol. The number of benzene rings is 1. The van der Waals surface area contributed by atoms with Crippen molar-refractivity contribution in [1.29, 1.82) is 5.26 Å². The summed E-state index contributed by atoms with van der Waals surface area (Å²) in [4.78, 5) is 14.7. The highest BCUT2D eigenvalue weighted by molar-refractivity contribution is 5.81. The van der Waals surface area contributed by atoms with Crippen molar-refractivity contribution in [2.75, 3.05) is 6.54 Å². The van der Waals surface area contributed by atoms with Crippen LogP contribution >= 0.6 is 0 Å². The third-order valence-corrected chi connectivity index (χ3v) is 4.27. The van der Waals surface area contributed by atoms with Gasteiger partial charge < -0.3 is 9.64 Å². The van der Waals surface area contributed by atoms with Gasteiger partial charge in [0.15, 0.2) is 6.10 Å². The molecule has 0 unspecified atom stereocenters. The van der Waals surface area contributed by atoms with Gasteiger partial charge in [0.05, 0.1) is 23.9 Å². The molecule has 1 fully saturated rings. The summed E-state index contributed by atoms with van der Waals surface area (Å²) in [5.41, 5.74) is 1.57. The van der Waals surface area contributed by atoms with Crippen molar-refractivity contribution in [3.05, 3.63) is 47.8 Å². The second-order valence-electron chi connectivity index (χ2n) is 6.04. The highest BCUT2D eigenvalue weighted by atomic mass is 16.5. The summed E-state index contributed by atoms with van der Waals surface area (Å²) < 4.78 is 7.51. The molecular weight excluding hydrogens is 304 g/mol. The molecule has 0 saturated carbocycles. The van der Waals surface area contributed by atoms with Crippen molar-refractivity contribution < 1.29 is 9.53 Å². The Morgan fingerprint density at radius 1 is 1.50 bits per heavy atom. The molecule has 3 rings (SSSR count). The zero-order valence-electron chi connectivity index (χ0n) is 13.8. The van der Waals surface area contributed by atoms with Crippen molar-refractivity contribution in [3.8, 4) is 11.8 Å². The van der Waals surface area contributed by atoms with Crippen LogP contribution in [0.2, 0.25) is 0 Å². The Balaban J connectivity index is 1.71. The van der Waals surface area contributed by atoms with Gasteiger partial charge in [-0.15, -0.1) is 0 Å². The summed E-state index contributed by atoms with van der Waals surface area (Å²) in [6, 6.07) is 8.99. The lowest BCUT2D eigenvalue weighted by atomic mass is 10.1. The third-order valence-electron chi connectivity index (χ3n) is 4.27. The Labute approximate surface area is 141 Å². The van der Waals surface area contributed by atoms with Gasteiger partial charge in [-0.05, 0) is 38.0 Å². The van der Waals surface area contributed by atoms with Crippen molar-refractivity contribution in [3.63, 3.8) is 0 Å². The van der Waals surface area contributed by atoms with Crippen molar-refractivity contribution in [1.82, 2.24) is 14.7 Å². The van der Waals surface area contributed by atoms with E-state index in [1.165, 1.54) is 0 Å². The first-order valence-corrected chi connectivity index (χ1v) is 8.04. The van der Waals surface area contributed by atoms with Gasteiger partial charge in [0.2, 0.25) is 0 Å². The maximum Gasteiger partial charge on any atom is 0.263 e. The van der Waals surface area contributed by atoms with E-state index in [0.29, 0.717) is 11.3 Å². The molecule has 0 radical (unpaired) electrons. The molecule has 1 aromatic carbocycles. The summed E-state index contributed by atoms with van der Waals surface area (Å²) in [6.45, 7) is 2.48. The number of nitrogens with zero attached hydrogens (tertiary/aromatic N) is 4. The molecule has 2 aromatic rings. The Kier molecular flexibility index (Phi) is 4.52. The molecule has 0 bridgehead atoms. The SMILES string of the molecule is C[C@H](Oc1cccc(C#N)c1)C(=O)N1CCC[C@H]1c1cnn(C)c1. The third kappa shape index (κ3) is 3.25. The minimum absolute atomic E-state index is 0.0382. The molecule has 1 amide bonds. The number of carbonyl (C=O) groups is 1. The zero-order chi connectivity index (χ0) is 17.1. The molecule has 1 aliphatic rings. The molecule has 0 aliphatic carbocycles. The highest BCUT2D eigenvalue weighted by Gasteiger charge is 2.33. The van der Waals surface area contributed by atoms with E-state index in [0.717, 1.165) is 24.9 Å². The summed E-state index contributed by atoms with van der Waals surface area (Å²) >= 11 is 0. The number of hydrogen-bond acceptors (Lipinski definition) is 4. The number of likely N-dealkylation sites (tertiary alicyclic amines) is 1. The number of amides is 1. The van der Waals surface area contributed by atoms with E-state index < -0.39 is 6.10 Å². The van der Waals surface area contributed by atoms with Crippen LogP contribution in [0.4, 0.5) is 0 Å². The summed E-state index contributed by atoms with van der Waals surface area (Å²) in [7, 11) is 1.87. The fraction of sp³-hybridized carbons (Fsp3) is 0.389. The first kappa shape index (κ1) is 16.1. The largest absolute Gasteiger partial charge is 0.481 e. The minimum Gasteiger partial charge on any atom is -0.481 e. The fourth-order valence-electron chi connectivity index (χ4n) is 3.12. The number of aromatic nitrogens is 2. The molecule has 124 valence electrons. The van der Waals surface area contributed by atoms with Gasteiger partial charge in [-0.1, -0.05) is 6.07 Å². The van der Waals surface area contributed by atoms with Crippen molar-refractivity contribution in [2.24, 2.45) is 7.05 Å². The van der Waals surface area contributed by atoms with Crippen LogP contribution in [0.5, 0.6) is 5.75 Å². The van der Waals surface area contributed by atoms with Gasteiger partial charge in [0.25, 0.3) is 5.91 Å². The van der Waals surface area contributed by atoms with E-state index in [4.69, 9.17) is 10.00 Å². The standard InChI is InChI=1S/C18H20N4O2/c1-13(24-16-6-3-5-14(9-16)10-19)18(23)22-8-4-7-17(22)15-11-20-21(2)12-15/h3,5-6,9,11-13,17H,4,7-8H2,1-2H3/t13-,17-/m0/s1. The van der Waals surface area contributed by atoms with Crippen LogP contribution in [0, 0.1) is 11.3 Å². The molecule has 6 heteroatoms. The average Bonchev–Trinajstić information content (AvgIpc) is 3.22. The van der Waals surface area contributed by atoms with Gasteiger partial charge in [0.1, 0.15) is 5.75 Å². The predicted octanol–water partition coefficient (Wildman–Crippen LogP) is 2.42. The molecule has 2 atom stereocenters. The second kappa shape index (κ2) is 6.75. The average molecular weight is 324 g/mol. The normalized spacial score (nSPS) is 18.2. The molecule has 24 heavy (non-hydrogen) atoms. The Bertz CT molecular complexity index is 777. The van der Waals surface area contributed by atoms with Crippen LogP contribution in [0.15, 0.2) is 36.7 Å². The van der Waals surface area contributed by atoms with Crippen LogP contribution < -0.4 is 4.74 Å². The lowest BCUT2D eigenvalue weighted by Crippen LogP contribution is -2.40. The number of aryl methyl sites for hydroxylation is 1. The number of carbonyl (C=O) groups excluding carboxylic acids is 1. The van der Waals surface area contributed by atoms with E-state index >= 15 is 0 Å². The summed E-state index contributed by atoms with van der Waals surface area (Å²) in [5.74, 6) is 0.496. The number of nitriles is 1.